The molecular formula is C21H37NO4. The van der Waals surface area contributed by atoms with Gasteiger partial charge in [-0.15, -0.1) is 0 Å². The fraction of sp³-hybridized carbons (Fsp3) is 0.667. The van der Waals surface area contributed by atoms with E-state index >= 15 is 0 Å². The van der Waals surface area contributed by atoms with Gasteiger partial charge in [0.25, 0.3) is 0 Å². The summed E-state index contributed by atoms with van der Waals surface area (Å²) >= 11 is 0. The highest BCUT2D eigenvalue weighted by atomic mass is 16.6. The first-order valence-electron chi connectivity index (χ1n) is 9.32. The van der Waals surface area contributed by atoms with E-state index in [1.165, 1.54) is 5.56 Å². The molecule has 1 aliphatic heterocycles. The molecule has 0 aliphatic carbocycles. The summed E-state index contributed by atoms with van der Waals surface area (Å²) in [5.74, 6) is 0. The van der Waals surface area contributed by atoms with Crippen molar-refractivity contribution < 1.29 is 19.0 Å². The number of hydrogen-bond acceptors (Lipinski definition) is 4. The normalized spacial score (nSPS) is 19.5. The predicted molar refractivity (Wildman–Crippen MR) is 107 cm³/mol. The lowest BCUT2D eigenvalue weighted by Gasteiger charge is -2.37. The topological polar surface area (TPSA) is 48.0 Å². The zero-order valence-corrected chi connectivity index (χ0v) is 17.7. The minimum absolute atomic E-state index is 0.0543. The van der Waals surface area contributed by atoms with E-state index in [4.69, 9.17) is 14.2 Å². The number of piperidine rings is 1. The summed E-state index contributed by atoms with van der Waals surface area (Å²) in [6.07, 6.45) is 0.461. The predicted octanol–water partition coefficient (Wildman–Crippen LogP) is 4.68. The molecular weight excluding hydrogens is 330 g/mol. The lowest BCUT2D eigenvalue weighted by molar-refractivity contribution is -0.0804. The molecule has 0 radical (unpaired) electrons. The maximum absolute atomic E-state index is 11.9. The van der Waals surface area contributed by atoms with Crippen LogP contribution in [0, 0.1) is 6.92 Å². The Labute approximate surface area is 159 Å². The number of aryl methyl sites for hydroxylation is 1. The van der Waals surface area contributed by atoms with Gasteiger partial charge in [-0.05, 0) is 34.1 Å². The molecule has 1 aromatic rings. The lowest BCUT2D eigenvalue weighted by Crippen LogP contribution is -2.51. The molecule has 2 unspecified atom stereocenters. The molecule has 0 spiro atoms. The van der Waals surface area contributed by atoms with Crippen molar-refractivity contribution in [3.05, 3.63) is 35.9 Å². The average Bonchev–Trinajstić information content (AvgIpc) is 2.62. The molecule has 1 aliphatic rings. The molecule has 5 nitrogen and oxygen atoms in total. The number of benzene rings is 1. The average molecular weight is 368 g/mol. The SMILES string of the molecule is CC.COC1CCN(C(=O)OC(C)(C)C)CC1OC.Cc1ccccc1. The third-order valence-electron chi connectivity index (χ3n) is 3.70. The first kappa shape index (κ1) is 24.4. The van der Waals surface area contributed by atoms with Crippen LogP contribution in [-0.4, -0.2) is 56.1 Å². The Balaban J connectivity index is 0.000000575. The van der Waals surface area contributed by atoms with Crippen molar-refractivity contribution in [3.8, 4) is 0 Å². The standard InChI is InChI=1S/C12H23NO4.C7H8.C2H6/c1-12(2,3)17-11(14)13-7-6-9(15-4)10(8-13)16-5;1-7-5-3-2-4-6-7;1-2/h9-10H,6-8H2,1-5H3;2-6H,1H3;1-2H3. The maximum atomic E-state index is 11.9. The van der Waals surface area contributed by atoms with Gasteiger partial charge in [0.2, 0.25) is 0 Å². The van der Waals surface area contributed by atoms with E-state index in [-0.39, 0.29) is 18.3 Å². The Hall–Kier alpha value is -1.59. The van der Waals surface area contributed by atoms with Crippen LogP contribution < -0.4 is 0 Å². The van der Waals surface area contributed by atoms with Gasteiger partial charge in [0.05, 0.1) is 12.6 Å². The van der Waals surface area contributed by atoms with Crippen LogP contribution in [0.5, 0.6) is 0 Å². The second-order valence-corrected chi connectivity index (χ2v) is 6.92. The molecule has 0 saturated carbocycles. The molecule has 2 rings (SSSR count). The van der Waals surface area contributed by atoms with Crippen molar-refractivity contribution in [2.75, 3.05) is 27.3 Å². The molecule has 26 heavy (non-hydrogen) atoms. The Morgan fingerprint density at radius 1 is 1.04 bits per heavy atom. The van der Waals surface area contributed by atoms with Crippen LogP contribution in [0.25, 0.3) is 0 Å². The Morgan fingerprint density at radius 3 is 1.96 bits per heavy atom. The largest absolute Gasteiger partial charge is 0.444 e. The highest BCUT2D eigenvalue weighted by Crippen LogP contribution is 2.19. The minimum Gasteiger partial charge on any atom is -0.444 e. The number of carbonyl (C=O) groups excluding carboxylic acids is 1. The molecule has 2 atom stereocenters. The number of carbonyl (C=O) groups is 1. The van der Waals surface area contributed by atoms with Crippen molar-refractivity contribution >= 4 is 6.09 Å². The Bertz CT molecular complexity index is 485. The van der Waals surface area contributed by atoms with Crippen molar-refractivity contribution in [1.82, 2.24) is 4.90 Å². The highest BCUT2D eigenvalue weighted by molar-refractivity contribution is 5.68. The summed E-state index contributed by atoms with van der Waals surface area (Å²) < 4.78 is 16.0. The van der Waals surface area contributed by atoms with Gasteiger partial charge in [0, 0.05) is 20.8 Å². The van der Waals surface area contributed by atoms with E-state index < -0.39 is 5.60 Å². The van der Waals surface area contributed by atoms with Crippen LogP contribution in [-0.2, 0) is 14.2 Å². The second kappa shape index (κ2) is 12.7. The molecule has 0 N–H and O–H groups in total. The highest BCUT2D eigenvalue weighted by Gasteiger charge is 2.33. The van der Waals surface area contributed by atoms with Gasteiger partial charge >= 0.3 is 6.09 Å². The van der Waals surface area contributed by atoms with E-state index in [0.29, 0.717) is 13.1 Å². The quantitative estimate of drug-likeness (QED) is 0.761. The van der Waals surface area contributed by atoms with Gasteiger partial charge in [0.15, 0.2) is 0 Å². The van der Waals surface area contributed by atoms with Crippen LogP contribution in [0.1, 0.15) is 46.6 Å². The first-order valence-corrected chi connectivity index (χ1v) is 9.32. The van der Waals surface area contributed by atoms with E-state index in [9.17, 15) is 4.79 Å². The van der Waals surface area contributed by atoms with Crippen LogP contribution in [0.15, 0.2) is 30.3 Å². The molecule has 150 valence electrons. The number of nitrogens with zero attached hydrogens (tertiary/aromatic N) is 1. The zero-order valence-electron chi connectivity index (χ0n) is 17.7. The molecule has 1 fully saturated rings. The van der Waals surface area contributed by atoms with E-state index in [1.807, 2.05) is 52.8 Å². The number of methoxy groups -OCH3 is 2. The van der Waals surface area contributed by atoms with Crippen molar-refractivity contribution in [1.29, 1.82) is 0 Å². The van der Waals surface area contributed by atoms with Crippen LogP contribution in [0.4, 0.5) is 4.79 Å². The maximum Gasteiger partial charge on any atom is 0.410 e. The van der Waals surface area contributed by atoms with E-state index in [2.05, 4.69) is 19.1 Å². The van der Waals surface area contributed by atoms with Gasteiger partial charge in [-0.25, -0.2) is 4.79 Å². The molecule has 1 heterocycles. The van der Waals surface area contributed by atoms with Gasteiger partial charge < -0.3 is 19.1 Å². The third-order valence-corrected chi connectivity index (χ3v) is 3.70. The fourth-order valence-electron chi connectivity index (χ4n) is 2.42. The van der Waals surface area contributed by atoms with Crippen LogP contribution in [0.2, 0.25) is 0 Å². The van der Waals surface area contributed by atoms with E-state index in [0.717, 1.165) is 6.42 Å². The Morgan fingerprint density at radius 2 is 1.58 bits per heavy atom. The number of rotatable bonds is 2. The fourth-order valence-corrected chi connectivity index (χ4v) is 2.42. The summed E-state index contributed by atoms with van der Waals surface area (Å²) in [4.78, 5) is 13.6. The van der Waals surface area contributed by atoms with E-state index in [1.54, 1.807) is 19.1 Å². The Kier molecular flexibility index (Phi) is 11.9. The molecule has 1 aromatic carbocycles. The van der Waals surface area contributed by atoms with Crippen LogP contribution >= 0.6 is 0 Å². The van der Waals surface area contributed by atoms with Gasteiger partial charge in [-0.2, -0.15) is 0 Å². The first-order chi connectivity index (χ1) is 12.3. The summed E-state index contributed by atoms with van der Waals surface area (Å²) in [5.41, 5.74) is 0.861. The number of amides is 1. The second-order valence-electron chi connectivity index (χ2n) is 6.92. The van der Waals surface area contributed by atoms with Crippen molar-refractivity contribution in [2.24, 2.45) is 0 Å². The minimum atomic E-state index is -0.461. The number of likely N-dealkylation sites (tertiary alicyclic amines) is 1. The van der Waals surface area contributed by atoms with Gasteiger partial charge in [-0.3, -0.25) is 0 Å². The molecule has 1 saturated heterocycles. The molecule has 0 bridgehead atoms. The van der Waals surface area contributed by atoms with Crippen molar-refractivity contribution in [3.63, 3.8) is 0 Å². The van der Waals surface area contributed by atoms with Crippen LogP contribution in [0.3, 0.4) is 0 Å². The smallest absolute Gasteiger partial charge is 0.410 e. The lowest BCUT2D eigenvalue weighted by atomic mass is 10.1. The van der Waals surface area contributed by atoms with Gasteiger partial charge in [0.1, 0.15) is 11.7 Å². The zero-order chi connectivity index (χ0) is 20.2. The number of ether oxygens (including phenoxy) is 3. The third kappa shape index (κ3) is 9.78. The number of hydrogen-bond donors (Lipinski definition) is 0. The monoisotopic (exact) mass is 367 g/mol. The summed E-state index contributed by atoms with van der Waals surface area (Å²) in [7, 11) is 3.30. The summed E-state index contributed by atoms with van der Waals surface area (Å²) in [6.45, 7) is 12.8. The molecule has 5 heteroatoms. The summed E-state index contributed by atoms with van der Waals surface area (Å²) in [6, 6.07) is 10.3. The summed E-state index contributed by atoms with van der Waals surface area (Å²) in [5, 5.41) is 0. The van der Waals surface area contributed by atoms with Gasteiger partial charge in [-0.1, -0.05) is 49.7 Å². The van der Waals surface area contributed by atoms with Crippen molar-refractivity contribution in [2.45, 2.75) is 65.8 Å². The molecule has 0 aromatic heterocycles. The molecule has 1 amide bonds.